The van der Waals surface area contributed by atoms with Gasteiger partial charge in [0.15, 0.2) is 5.82 Å². The second-order valence-corrected chi connectivity index (χ2v) is 9.62. The molecule has 5 rings (SSSR count). The number of ether oxygens (including phenoxy) is 1. The first-order chi connectivity index (χ1) is 16.6. The first-order valence-electron chi connectivity index (χ1n) is 12.4. The van der Waals surface area contributed by atoms with Gasteiger partial charge in [-0.2, -0.15) is 10.1 Å². The summed E-state index contributed by atoms with van der Waals surface area (Å²) < 4.78 is 7.37. The van der Waals surface area contributed by atoms with Crippen LogP contribution in [0.2, 0.25) is 0 Å². The van der Waals surface area contributed by atoms with Gasteiger partial charge in [0.25, 0.3) is 0 Å². The highest BCUT2D eigenvalue weighted by atomic mass is 16.5. The summed E-state index contributed by atoms with van der Waals surface area (Å²) >= 11 is 0. The third-order valence-corrected chi connectivity index (χ3v) is 6.95. The number of hydrogen-bond acceptors (Lipinski definition) is 8. The van der Waals surface area contributed by atoms with E-state index in [1.807, 2.05) is 4.68 Å². The van der Waals surface area contributed by atoms with Gasteiger partial charge in [-0.1, -0.05) is 18.2 Å². The van der Waals surface area contributed by atoms with E-state index in [0.717, 1.165) is 51.0 Å². The number of anilines is 2. The van der Waals surface area contributed by atoms with Gasteiger partial charge in [0, 0.05) is 32.3 Å². The number of rotatable bonds is 10. The van der Waals surface area contributed by atoms with Gasteiger partial charge in [-0.15, -0.1) is 0 Å². The van der Waals surface area contributed by atoms with Crippen LogP contribution in [0.5, 0.6) is 0 Å². The Morgan fingerprint density at radius 2 is 2.03 bits per heavy atom. The summed E-state index contributed by atoms with van der Waals surface area (Å²) in [4.78, 5) is 8.80. The monoisotopic (exact) mass is 465 g/mol. The van der Waals surface area contributed by atoms with Crippen molar-refractivity contribution in [3.8, 4) is 0 Å². The number of aryl methyl sites for hydroxylation is 1. The van der Waals surface area contributed by atoms with Crippen LogP contribution in [0.4, 0.5) is 11.8 Å². The lowest BCUT2D eigenvalue weighted by Gasteiger charge is -2.23. The first kappa shape index (κ1) is 23.0. The van der Waals surface area contributed by atoms with Crippen molar-refractivity contribution in [1.29, 1.82) is 0 Å². The van der Waals surface area contributed by atoms with E-state index >= 15 is 0 Å². The van der Waals surface area contributed by atoms with Crippen LogP contribution in [0.1, 0.15) is 48.8 Å². The molecule has 1 aromatic carbocycles. The van der Waals surface area contributed by atoms with Gasteiger partial charge in [-0.05, 0) is 61.6 Å². The van der Waals surface area contributed by atoms with Gasteiger partial charge in [0.2, 0.25) is 5.95 Å². The average molecular weight is 466 g/mol. The molecular formula is C25H35N7O2. The number of aromatic nitrogens is 4. The zero-order chi connectivity index (χ0) is 23.5. The molecule has 0 amide bonds. The number of benzene rings is 1. The number of nitrogens with zero attached hydrogens (tertiary/aromatic N) is 4. The van der Waals surface area contributed by atoms with Crippen LogP contribution in [-0.2, 0) is 17.8 Å². The molecule has 1 aliphatic heterocycles. The maximum atomic E-state index is 10.2. The van der Waals surface area contributed by atoms with Gasteiger partial charge in [-0.25, -0.2) is 4.98 Å². The molecule has 0 radical (unpaired) electrons. The van der Waals surface area contributed by atoms with E-state index in [-0.39, 0.29) is 12.1 Å². The van der Waals surface area contributed by atoms with E-state index in [4.69, 9.17) is 10.5 Å². The fourth-order valence-corrected chi connectivity index (χ4v) is 4.69. The highest BCUT2D eigenvalue weighted by molar-refractivity contribution is 5.86. The zero-order valence-electron chi connectivity index (χ0n) is 19.8. The molecule has 1 aliphatic carbocycles. The number of nitrogens with one attached hydrogen (secondary N) is 2. The summed E-state index contributed by atoms with van der Waals surface area (Å²) in [5.74, 6) is 1.34. The maximum Gasteiger partial charge on any atom is 0.222 e. The Balaban J connectivity index is 1.28. The summed E-state index contributed by atoms with van der Waals surface area (Å²) in [6.07, 6.45) is 6.57. The lowest BCUT2D eigenvalue weighted by atomic mass is 10.0. The van der Waals surface area contributed by atoms with E-state index in [2.05, 4.69) is 50.8 Å². The summed E-state index contributed by atoms with van der Waals surface area (Å²) in [5.41, 5.74) is 11.2. The molecule has 182 valence electrons. The Hall–Kier alpha value is -2.75. The van der Waals surface area contributed by atoms with Crippen LogP contribution in [0, 0.1) is 12.8 Å². The topological polar surface area (TPSA) is 123 Å². The molecule has 3 heterocycles. The van der Waals surface area contributed by atoms with E-state index in [1.165, 1.54) is 16.7 Å². The van der Waals surface area contributed by atoms with Crippen LogP contribution in [-0.4, -0.2) is 56.8 Å². The minimum Gasteiger partial charge on any atom is -0.393 e. The molecule has 2 aromatic heterocycles. The lowest BCUT2D eigenvalue weighted by molar-refractivity contribution is 0.0776. The van der Waals surface area contributed by atoms with Gasteiger partial charge in [0.05, 0.1) is 18.8 Å². The molecule has 2 aliphatic rings. The van der Waals surface area contributed by atoms with Gasteiger partial charge < -0.3 is 26.2 Å². The maximum absolute atomic E-state index is 10.2. The predicted molar refractivity (Wildman–Crippen MR) is 133 cm³/mol. The second-order valence-electron chi connectivity index (χ2n) is 9.62. The van der Waals surface area contributed by atoms with Crippen LogP contribution < -0.4 is 16.4 Å². The Morgan fingerprint density at radius 1 is 1.21 bits per heavy atom. The van der Waals surface area contributed by atoms with Gasteiger partial charge in [0.1, 0.15) is 11.0 Å². The Bertz CT molecular complexity index is 1120. The SMILES string of the molecule is Cc1cc(CNC2CCOCC2)ccc1Cn1ncc2nc(N)nc(NCC[C@@H](O)C3CC3)c21. The van der Waals surface area contributed by atoms with Crippen molar-refractivity contribution in [3.05, 3.63) is 41.1 Å². The molecule has 9 heteroatoms. The van der Waals surface area contributed by atoms with Crippen molar-refractivity contribution < 1.29 is 9.84 Å². The molecule has 9 nitrogen and oxygen atoms in total. The molecule has 0 bridgehead atoms. The Kier molecular flexibility index (Phi) is 6.94. The smallest absolute Gasteiger partial charge is 0.222 e. The molecule has 34 heavy (non-hydrogen) atoms. The number of nitrogens with two attached hydrogens (primary N) is 1. The van der Waals surface area contributed by atoms with Crippen LogP contribution >= 0.6 is 0 Å². The van der Waals surface area contributed by atoms with E-state index < -0.39 is 0 Å². The molecule has 0 spiro atoms. The fourth-order valence-electron chi connectivity index (χ4n) is 4.69. The number of fused-ring (bicyclic) bond motifs is 1. The highest BCUT2D eigenvalue weighted by Crippen LogP contribution is 2.34. The first-order valence-corrected chi connectivity index (χ1v) is 12.4. The van der Waals surface area contributed by atoms with E-state index in [0.29, 0.717) is 42.8 Å². The van der Waals surface area contributed by atoms with E-state index in [9.17, 15) is 5.11 Å². The molecule has 2 fully saturated rings. The Labute approximate surface area is 200 Å². The van der Waals surface area contributed by atoms with Crippen molar-refractivity contribution >= 4 is 22.8 Å². The number of aliphatic hydroxyl groups is 1. The van der Waals surface area contributed by atoms with Gasteiger partial charge >= 0.3 is 0 Å². The zero-order valence-corrected chi connectivity index (χ0v) is 19.8. The second kappa shape index (κ2) is 10.2. The molecule has 1 atom stereocenters. The van der Waals surface area contributed by atoms with Crippen molar-refractivity contribution in [2.24, 2.45) is 5.92 Å². The summed E-state index contributed by atoms with van der Waals surface area (Å²) in [6.45, 7) is 5.95. The van der Waals surface area contributed by atoms with Crippen molar-refractivity contribution in [3.63, 3.8) is 0 Å². The minimum absolute atomic E-state index is 0.217. The minimum atomic E-state index is -0.255. The molecule has 1 saturated carbocycles. The summed E-state index contributed by atoms with van der Waals surface area (Å²) in [6, 6.07) is 7.15. The van der Waals surface area contributed by atoms with Gasteiger partial charge in [-0.3, -0.25) is 4.68 Å². The number of nitrogen functional groups attached to an aromatic ring is 1. The number of aliphatic hydroxyl groups excluding tert-OH is 1. The average Bonchev–Trinajstić information content (AvgIpc) is 3.61. The van der Waals surface area contributed by atoms with Crippen molar-refractivity contribution in [2.45, 2.75) is 64.3 Å². The fraction of sp³-hybridized carbons (Fsp3) is 0.560. The van der Waals surface area contributed by atoms with Crippen LogP contribution in [0.3, 0.4) is 0 Å². The summed E-state index contributed by atoms with van der Waals surface area (Å²) in [5, 5.41) is 21.8. The number of hydrogen-bond donors (Lipinski definition) is 4. The third-order valence-electron chi connectivity index (χ3n) is 6.95. The molecule has 0 unspecified atom stereocenters. The quantitative estimate of drug-likeness (QED) is 0.360. The molecular weight excluding hydrogens is 430 g/mol. The third kappa shape index (κ3) is 5.48. The largest absolute Gasteiger partial charge is 0.393 e. The summed E-state index contributed by atoms with van der Waals surface area (Å²) in [7, 11) is 0. The Morgan fingerprint density at radius 3 is 2.79 bits per heavy atom. The molecule has 1 saturated heterocycles. The van der Waals surface area contributed by atoms with Crippen molar-refractivity contribution in [2.75, 3.05) is 30.8 Å². The predicted octanol–water partition coefficient (Wildman–Crippen LogP) is 2.61. The lowest BCUT2D eigenvalue weighted by Crippen LogP contribution is -2.34. The standard InChI is InChI=1S/C25H35N7O2/c1-16-12-17(13-28-20-7-10-34-11-8-20)2-3-19(16)15-32-23-21(14-29-32)30-25(26)31-24(23)27-9-6-22(33)18-4-5-18/h2-3,12,14,18,20,22,28,33H,4-11,13,15H2,1H3,(H3,26,27,30,31)/t22-/m1/s1. The highest BCUT2D eigenvalue weighted by Gasteiger charge is 2.29. The molecule has 3 aromatic rings. The van der Waals surface area contributed by atoms with Crippen molar-refractivity contribution in [1.82, 2.24) is 25.1 Å². The normalized spacial score (nSPS) is 17.8. The van der Waals surface area contributed by atoms with E-state index in [1.54, 1.807) is 6.20 Å². The van der Waals surface area contributed by atoms with Crippen LogP contribution in [0.15, 0.2) is 24.4 Å². The molecule has 5 N–H and O–H groups in total. The van der Waals surface area contributed by atoms with Crippen LogP contribution in [0.25, 0.3) is 11.0 Å².